The normalized spacial score (nSPS) is 19.5. The van der Waals surface area contributed by atoms with Gasteiger partial charge in [0, 0.05) is 41.6 Å². The van der Waals surface area contributed by atoms with Crippen molar-refractivity contribution in [1.82, 2.24) is 10.9 Å². The van der Waals surface area contributed by atoms with Crippen molar-refractivity contribution in [1.29, 1.82) is 0 Å². The highest BCUT2D eigenvalue weighted by Crippen LogP contribution is 2.32. The molecule has 3 N–H and O–H groups in total. The van der Waals surface area contributed by atoms with E-state index < -0.39 is 11.6 Å². The minimum Gasteiger partial charge on any atom is -0.494 e. The lowest BCUT2D eigenvalue weighted by Crippen LogP contribution is -2.54. The van der Waals surface area contributed by atoms with Gasteiger partial charge >= 0.3 is 0 Å². The molecule has 2 aromatic carbocycles. The minimum absolute atomic E-state index is 0.0790. The largest absolute Gasteiger partial charge is 0.494 e. The first-order chi connectivity index (χ1) is 15.9. The number of ether oxygens (including phenoxy) is 2. The first kappa shape index (κ1) is 25.1. The summed E-state index contributed by atoms with van der Waals surface area (Å²) in [6, 6.07) is 12.4. The van der Waals surface area contributed by atoms with E-state index >= 15 is 0 Å². The number of rotatable bonds is 11. The predicted octanol–water partition coefficient (Wildman–Crippen LogP) is 4.06. The second-order valence-electron chi connectivity index (χ2n) is 7.59. The van der Waals surface area contributed by atoms with Crippen molar-refractivity contribution in [3.63, 3.8) is 0 Å². The van der Waals surface area contributed by atoms with Gasteiger partial charge in [0.2, 0.25) is 5.90 Å². The molecule has 0 spiro atoms. The second-order valence-corrected chi connectivity index (χ2v) is 8.43. The zero-order valence-corrected chi connectivity index (χ0v) is 19.8. The second kappa shape index (κ2) is 11.5. The molecule has 0 aromatic heterocycles. The van der Waals surface area contributed by atoms with Gasteiger partial charge in [0.15, 0.2) is 5.54 Å². The van der Waals surface area contributed by atoms with E-state index in [0.29, 0.717) is 47.7 Å². The van der Waals surface area contributed by atoms with Crippen molar-refractivity contribution in [2.75, 3.05) is 13.2 Å². The monoisotopic (exact) mass is 491 g/mol. The summed E-state index contributed by atoms with van der Waals surface area (Å²) in [5.74, 6) is 0.722. The summed E-state index contributed by atoms with van der Waals surface area (Å²) in [5, 5.41) is 9.91. The smallest absolute Gasteiger partial charge is 0.266 e. The molecule has 1 heterocycles. The predicted molar refractivity (Wildman–Crippen MR) is 130 cm³/mol. The molecule has 0 saturated carbocycles. The van der Waals surface area contributed by atoms with Gasteiger partial charge in [0.25, 0.3) is 5.91 Å². The number of hydrogen-bond acceptors (Lipinski definition) is 6. The Morgan fingerprint density at radius 1 is 1.30 bits per heavy atom. The Morgan fingerprint density at radius 3 is 2.73 bits per heavy atom. The number of hydrogen-bond donors (Lipinski definition) is 3. The average Bonchev–Trinajstić information content (AvgIpc) is 3.13. The highest BCUT2D eigenvalue weighted by molar-refractivity contribution is 6.35. The van der Waals surface area contributed by atoms with Crippen LogP contribution >= 0.6 is 23.2 Å². The molecule has 0 radical (unpaired) electrons. The molecule has 176 valence electrons. The average molecular weight is 492 g/mol. The highest BCUT2D eigenvalue weighted by atomic mass is 35.5. The molecule has 33 heavy (non-hydrogen) atoms. The van der Waals surface area contributed by atoms with Crippen LogP contribution in [0.3, 0.4) is 0 Å². The number of aliphatic imine (C=N–C) groups is 1. The molecule has 2 aromatic rings. The molecule has 1 aliphatic rings. The van der Waals surface area contributed by atoms with E-state index in [1.165, 1.54) is 0 Å². The third-order valence-electron chi connectivity index (χ3n) is 5.28. The summed E-state index contributed by atoms with van der Waals surface area (Å²) in [7, 11) is 0. The number of carbonyl (C=O) groups is 1. The van der Waals surface area contributed by atoms with E-state index in [1.54, 1.807) is 36.4 Å². The third-order valence-corrected chi connectivity index (χ3v) is 5.87. The van der Waals surface area contributed by atoms with Crippen LogP contribution in [-0.4, -0.2) is 41.8 Å². The van der Waals surface area contributed by atoms with E-state index in [1.807, 2.05) is 19.1 Å². The van der Waals surface area contributed by atoms with Crippen molar-refractivity contribution in [3.05, 3.63) is 76.3 Å². The number of hydrazine groups is 1. The number of carbonyl (C=O) groups excluding carboxylic acids is 1. The molecule has 9 heteroatoms. The molecule has 0 unspecified atom stereocenters. The van der Waals surface area contributed by atoms with Gasteiger partial charge in [-0.1, -0.05) is 35.3 Å². The quantitative estimate of drug-likeness (QED) is 0.250. The van der Waals surface area contributed by atoms with Gasteiger partial charge in [-0.05, 0) is 48.9 Å². The van der Waals surface area contributed by atoms with E-state index in [2.05, 4.69) is 22.4 Å². The van der Waals surface area contributed by atoms with Gasteiger partial charge in [0.1, 0.15) is 11.9 Å². The molecule has 0 aliphatic carbocycles. The van der Waals surface area contributed by atoms with Gasteiger partial charge in [-0.15, -0.1) is 6.58 Å². The molecule has 0 bridgehead atoms. The third kappa shape index (κ3) is 6.06. The first-order valence-corrected chi connectivity index (χ1v) is 11.3. The molecule has 3 rings (SSSR count). The fraction of sp³-hybridized carbons (Fsp3) is 0.333. The van der Waals surface area contributed by atoms with Gasteiger partial charge in [0.05, 0.1) is 6.61 Å². The Kier molecular flexibility index (Phi) is 8.74. The van der Waals surface area contributed by atoms with Crippen LogP contribution in [0.25, 0.3) is 0 Å². The van der Waals surface area contributed by atoms with Crippen molar-refractivity contribution in [3.8, 4) is 5.75 Å². The van der Waals surface area contributed by atoms with E-state index in [4.69, 9.17) is 37.8 Å². The fourth-order valence-electron chi connectivity index (χ4n) is 3.40. The maximum Gasteiger partial charge on any atom is 0.266 e. The minimum atomic E-state index is -1.16. The number of amides is 1. The van der Waals surface area contributed by atoms with Crippen LogP contribution in [0.5, 0.6) is 5.75 Å². The lowest BCUT2D eigenvalue weighted by atomic mass is 9.90. The van der Waals surface area contributed by atoms with Crippen LogP contribution in [-0.2, 0) is 16.1 Å². The summed E-state index contributed by atoms with van der Waals surface area (Å²) in [4.78, 5) is 17.8. The van der Waals surface area contributed by atoms with Crippen molar-refractivity contribution >= 4 is 35.0 Å². The van der Waals surface area contributed by atoms with Gasteiger partial charge < -0.3 is 14.6 Å². The molecule has 0 fully saturated rings. The maximum absolute atomic E-state index is 13.2. The SMILES string of the molecule is C=CC[C@]1(C(=O)NNCc2ccc(Cl)cc2Cl)N=C(c2ccc(OCCCO)cc2)O[C@H]1C. The summed E-state index contributed by atoms with van der Waals surface area (Å²) < 4.78 is 11.5. The molecule has 1 amide bonds. The fourth-order valence-corrected chi connectivity index (χ4v) is 3.87. The van der Waals surface area contributed by atoms with Crippen LogP contribution in [0.4, 0.5) is 0 Å². The maximum atomic E-state index is 13.2. The Morgan fingerprint density at radius 2 is 2.06 bits per heavy atom. The Balaban J connectivity index is 1.70. The number of aliphatic hydroxyl groups is 1. The van der Waals surface area contributed by atoms with E-state index in [0.717, 1.165) is 11.1 Å². The number of aliphatic hydroxyl groups excluding tert-OH is 1. The molecule has 1 aliphatic heterocycles. The van der Waals surface area contributed by atoms with Crippen molar-refractivity contribution < 1.29 is 19.4 Å². The molecule has 7 nitrogen and oxygen atoms in total. The van der Waals surface area contributed by atoms with Gasteiger partial charge in [-0.3, -0.25) is 10.2 Å². The zero-order valence-electron chi connectivity index (χ0n) is 18.3. The number of nitrogens with zero attached hydrogens (tertiary/aromatic N) is 1. The van der Waals surface area contributed by atoms with Crippen molar-refractivity contribution in [2.45, 2.75) is 38.0 Å². The Labute approximate surface area is 203 Å². The Bertz CT molecular complexity index is 1010. The highest BCUT2D eigenvalue weighted by Gasteiger charge is 2.49. The van der Waals surface area contributed by atoms with Crippen molar-refractivity contribution in [2.24, 2.45) is 4.99 Å². The Hall–Kier alpha value is -2.58. The van der Waals surface area contributed by atoms with Crippen LogP contribution in [0, 0.1) is 0 Å². The lowest BCUT2D eigenvalue weighted by Gasteiger charge is -2.27. The summed E-state index contributed by atoms with van der Waals surface area (Å²) in [6.45, 7) is 6.42. The van der Waals surface area contributed by atoms with E-state index in [-0.39, 0.29) is 12.5 Å². The van der Waals surface area contributed by atoms with Crippen LogP contribution < -0.4 is 15.6 Å². The lowest BCUT2D eigenvalue weighted by molar-refractivity contribution is -0.129. The van der Waals surface area contributed by atoms with E-state index in [9.17, 15) is 4.79 Å². The van der Waals surface area contributed by atoms with Crippen LogP contribution in [0.15, 0.2) is 60.1 Å². The van der Waals surface area contributed by atoms with Gasteiger partial charge in [-0.2, -0.15) is 0 Å². The van der Waals surface area contributed by atoms with Gasteiger partial charge in [-0.25, -0.2) is 10.4 Å². The summed E-state index contributed by atoms with van der Waals surface area (Å²) in [5.41, 5.74) is 6.00. The van der Waals surface area contributed by atoms with Crippen LogP contribution in [0.2, 0.25) is 10.0 Å². The molecular weight excluding hydrogens is 465 g/mol. The molecule has 0 saturated heterocycles. The topological polar surface area (TPSA) is 92.2 Å². The molecule has 2 atom stereocenters. The summed E-state index contributed by atoms with van der Waals surface area (Å²) >= 11 is 12.1. The first-order valence-electron chi connectivity index (χ1n) is 10.6. The number of nitrogens with one attached hydrogen (secondary N) is 2. The standard InChI is InChI=1S/C24H27Cl2N3O4/c1-3-11-24(23(31)29-27-15-18-5-8-19(25)14-21(18)26)16(2)33-22(28-24)17-6-9-20(10-7-17)32-13-4-12-30/h3,5-10,14,16,27,30H,1,4,11-13,15H2,2H3,(H,29,31)/t16-,24-/m0/s1. The van der Waals surface area contributed by atoms with Crippen LogP contribution in [0.1, 0.15) is 30.9 Å². The molecular formula is C24H27Cl2N3O4. The zero-order chi connectivity index (χ0) is 23.8. The number of halogens is 2. The summed E-state index contributed by atoms with van der Waals surface area (Å²) in [6.07, 6.45) is 2.01. The number of benzene rings is 2.